The van der Waals surface area contributed by atoms with Gasteiger partial charge in [-0.05, 0) is 5.56 Å². The molecule has 98 valence electrons. The largest absolute Gasteiger partial charge is 0.354 e. The normalized spacial score (nSPS) is 9.95. The van der Waals surface area contributed by atoms with Crippen molar-refractivity contribution in [3.63, 3.8) is 0 Å². The van der Waals surface area contributed by atoms with Gasteiger partial charge in [-0.25, -0.2) is 4.98 Å². The lowest BCUT2D eigenvalue weighted by molar-refractivity contribution is -0.115. The molecule has 1 aromatic heterocycles. The molecule has 0 unspecified atom stereocenters. The van der Waals surface area contributed by atoms with Crippen LogP contribution in [0.5, 0.6) is 0 Å². The van der Waals surface area contributed by atoms with Crippen molar-refractivity contribution in [2.45, 2.75) is 6.42 Å². The molecule has 6 heteroatoms. The van der Waals surface area contributed by atoms with Gasteiger partial charge in [-0.1, -0.05) is 30.3 Å². The first-order valence-corrected chi connectivity index (χ1v) is 6.58. The standard InChI is InChI=1S/C13H13N3O2S/c1-14-12(18)10-8-19-13(15-10)16-11(17)7-9-5-3-2-4-6-9/h2-6,8H,7H2,1H3,(H,14,18)(H,15,16,17). The average molecular weight is 275 g/mol. The number of thiazole rings is 1. The van der Waals surface area contributed by atoms with E-state index < -0.39 is 0 Å². The van der Waals surface area contributed by atoms with Gasteiger partial charge in [-0.15, -0.1) is 11.3 Å². The van der Waals surface area contributed by atoms with E-state index in [0.29, 0.717) is 10.8 Å². The Morgan fingerprint density at radius 1 is 1.26 bits per heavy atom. The maximum atomic E-state index is 11.8. The SMILES string of the molecule is CNC(=O)c1csc(NC(=O)Cc2ccccc2)n1. The molecule has 2 N–H and O–H groups in total. The van der Waals surface area contributed by atoms with Crippen molar-refractivity contribution in [1.29, 1.82) is 0 Å². The van der Waals surface area contributed by atoms with Crippen LogP contribution >= 0.6 is 11.3 Å². The first-order chi connectivity index (χ1) is 9.19. The van der Waals surface area contributed by atoms with Crippen LogP contribution in [0.4, 0.5) is 5.13 Å². The van der Waals surface area contributed by atoms with Crippen LogP contribution in [0.1, 0.15) is 16.1 Å². The predicted octanol–water partition coefficient (Wildman–Crippen LogP) is 1.68. The molecule has 0 saturated heterocycles. The molecule has 2 rings (SSSR count). The Labute approximate surface area is 114 Å². The highest BCUT2D eigenvalue weighted by atomic mass is 32.1. The number of nitrogens with one attached hydrogen (secondary N) is 2. The molecule has 0 saturated carbocycles. The molecule has 0 aliphatic carbocycles. The van der Waals surface area contributed by atoms with Crippen molar-refractivity contribution in [1.82, 2.24) is 10.3 Å². The Morgan fingerprint density at radius 2 is 2.00 bits per heavy atom. The summed E-state index contributed by atoms with van der Waals surface area (Å²) in [6.07, 6.45) is 0.287. The van der Waals surface area contributed by atoms with Crippen LogP contribution in [0, 0.1) is 0 Å². The molecular weight excluding hydrogens is 262 g/mol. The fourth-order valence-electron chi connectivity index (χ4n) is 1.51. The van der Waals surface area contributed by atoms with Crippen LogP contribution in [0.3, 0.4) is 0 Å². The number of amides is 2. The fourth-order valence-corrected chi connectivity index (χ4v) is 2.22. The summed E-state index contributed by atoms with van der Waals surface area (Å²) in [4.78, 5) is 27.1. The van der Waals surface area contributed by atoms with Crippen LogP contribution in [-0.4, -0.2) is 23.8 Å². The zero-order valence-electron chi connectivity index (χ0n) is 10.3. The van der Waals surface area contributed by atoms with E-state index in [-0.39, 0.29) is 18.2 Å². The number of carbonyl (C=O) groups excluding carboxylic acids is 2. The summed E-state index contributed by atoms with van der Waals surface area (Å²) in [5.41, 5.74) is 1.24. The van der Waals surface area contributed by atoms with Crippen LogP contribution in [-0.2, 0) is 11.2 Å². The third-order valence-electron chi connectivity index (χ3n) is 2.42. The maximum absolute atomic E-state index is 11.8. The summed E-state index contributed by atoms with van der Waals surface area (Å²) in [5, 5.41) is 7.20. The summed E-state index contributed by atoms with van der Waals surface area (Å²) in [6.45, 7) is 0. The van der Waals surface area contributed by atoms with Crippen LogP contribution in [0.2, 0.25) is 0 Å². The molecule has 0 aliphatic heterocycles. The van der Waals surface area contributed by atoms with E-state index in [4.69, 9.17) is 0 Å². The Balaban J connectivity index is 1.96. The number of aromatic nitrogens is 1. The summed E-state index contributed by atoms with van der Waals surface area (Å²) < 4.78 is 0. The number of carbonyl (C=O) groups is 2. The molecule has 5 nitrogen and oxygen atoms in total. The monoisotopic (exact) mass is 275 g/mol. The van der Waals surface area contributed by atoms with Gasteiger partial charge >= 0.3 is 0 Å². The number of hydrogen-bond acceptors (Lipinski definition) is 4. The second-order valence-electron chi connectivity index (χ2n) is 3.83. The van der Waals surface area contributed by atoms with E-state index in [1.165, 1.54) is 18.4 Å². The van der Waals surface area contributed by atoms with Crippen molar-refractivity contribution in [3.05, 3.63) is 47.0 Å². The Bertz CT molecular complexity index is 581. The molecule has 2 amide bonds. The minimum absolute atomic E-state index is 0.149. The van der Waals surface area contributed by atoms with Gasteiger partial charge in [-0.3, -0.25) is 9.59 Å². The van der Waals surface area contributed by atoms with Gasteiger partial charge in [0.15, 0.2) is 5.13 Å². The molecule has 1 heterocycles. The first kappa shape index (κ1) is 13.2. The molecular formula is C13H13N3O2S. The second-order valence-corrected chi connectivity index (χ2v) is 4.69. The average Bonchev–Trinajstić information content (AvgIpc) is 2.87. The minimum Gasteiger partial charge on any atom is -0.354 e. The Morgan fingerprint density at radius 3 is 2.68 bits per heavy atom. The molecule has 1 aromatic carbocycles. The van der Waals surface area contributed by atoms with E-state index in [1.54, 1.807) is 5.38 Å². The second kappa shape index (κ2) is 6.10. The predicted molar refractivity (Wildman–Crippen MR) is 74.3 cm³/mol. The van der Waals surface area contributed by atoms with Crippen LogP contribution in [0.15, 0.2) is 35.7 Å². The van der Waals surface area contributed by atoms with Gasteiger partial charge in [0, 0.05) is 12.4 Å². The maximum Gasteiger partial charge on any atom is 0.270 e. The van der Waals surface area contributed by atoms with Gasteiger partial charge in [0.2, 0.25) is 5.91 Å². The molecule has 0 spiro atoms. The Kier molecular flexibility index (Phi) is 4.25. The van der Waals surface area contributed by atoms with E-state index in [1.807, 2.05) is 30.3 Å². The Hall–Kier alpha value is -2.21. The first-order valence-electron chi connectivity index (χ1n) is 5.70. The molecule has 0 fully saturated rings. The zero-order valence-corrected chi connectivity index (χ0v) is 11.2. The number of hydrogen-bond donors (Lipinski definition) is 2. The van der Waals surface area contributed by atoms with E-state index in [0.717, 1.165) is 5.56 Å². The summed E-state index contributed by atoms with van der Waals surface area (Å²) in [5.74, 6) is -0.413. The smallest absolute Gasteiger partial charge is 0.270 e. The number of anilines is 1. The third-order valence-corrected chi connectivity index (χ3v) is 3.18. The molecule has 0 atom stereocenters. The summed E-state index contributed by atoms with van der Waals surface area (Å²) in [6, 6.07) is 9.44. The van der Waals surface area contributed by atoms with Crippen LogP contribution in [0.25, 0.3) is 0 Å². The molecule has 0 radical (unpaired) electrons. The highest BCUT2D eigenvalue weighted by Gasteiger charge is 2.11. The lowest BCUT2D eigenvalue weighted by Crippen LogP contribution is -2.18. The van der Waals surface area contributed by atoms with Gasteiger partial charge in [0.05, 0.1) is 6.42 Å². The van der Waals surface area contributed by atoms with Crippen molar-refractivity contribution in [2.75, 3.05) is 12.4 Å². The van der Waals surface area contributed by atoms with Crippen molar-refractivity contribution in [2.24, 2.45) is 0 Å². The van der Waals surface area contributed by atoms with Gasteiger partial charge in [-0.2, -0.15) is 0 Å². The van der Waals surface area contributed by atoms with Crippen molar-refractivity contribution in [3.8, 4) is 0 Å². The third kappa shape index (κ3) is 3.62. The van der Waals surface area contributed by atoms with Crippen molar-refractivity contribution >= 4 is 28.3 Å². The van der Waals surface area contributed by atoms with Crippen LogP contribution < -0.4 is 10.6 Å². The van der Waals surface area contributed by atoms with Gasteiger partial charge < -0.3 is 10.6 Å². The quantitative estimate of drug-likeness (QED) is 0.892. The van der Waals surface area contributed by atoms with Gasteiger partial charge in [0.25, 0.3) is 5.91 Å². The molecule has 2 aromatic rings. The van der Waals surface area contributed by atoms with Crippen molar-refractivity contribution < 1.29 is 9.59 Å². The lowest BCUT2D eigenvalue weighted by atomic mass is 10.1. The topological polar surface area (TPSA) is 71.1 Å². The highest BCUT2D eigenvalue weighted by Crippen LogP contribution is 2.15. The number of rotatable bonds is 4. The van der Waals surface area contributed by atoms with E-state index in [2.05, 4.69) is 15.6 Å². The van der Waals surface area contributed by atoms with E-state index in [9.17, 15) is 9.59 Å². The highest BCUT2D eigenvalue weighted by molar-refractivity contribution is 7.14. The fraction of sp³-hybridized carbons (Fsp3) is 0.154. The molecule has 0 bridgehead atoms. The minimum atomic E-state index is -0.264. The lowest BCUT2D eigenvalue weighted by Gasteiger charge is -2.01. The van der Waals surface area contributed by atoms with Gasteiger partial charge in [0.1, 0.15) is 5.69 Å². The summed E-state index contributed by atoms with van der Waals surface area (Å²) >= 11 is 1.23. The molecule has 19 heavy (non-hydrogen) atoms. The number of nitrogens with zero attached hydrogens (tertiary/aromatic N) is 1. The molecule has 0 aliphatic rings. The summed E-state index contributed by atoms with van der Waals surface area (Å²) in [7, 11) is 1.54. The van der Waals surface area contributed by atoms with E-state index >= 15 is 0 Å². The zero-order chi connectivity index (χ0) is 13.7. The number of benzene rings is 1.